The van der Waals surface area contributed by atoms with E-state index in [1.54, 1.807) is 0 Å². The minimum atomic E-state index is -0.641. The van der Waals surface area contributed by atoms with E-state index in [1.807, 2.05) is 0 Å². The van der Waals surface area contributed by atoms with Crippen molar-refractivity contribution in [2.75, 3.05) is 0 Å². The highest BCUT2D eigenvalue weighted by molar-refractivity contribution is 6.32. The van der Waals surface area contributed by atoms with Crippen LogP contribution in [0.4, 0.5) is 4.39 Å². The zero-order valence-electron chi connectivity index (χ0n) is 6.77. The Labute approximate surface area is 88.3 Å². The summed E-state index contributed by atoms with van der Waals surface area (Å²) in [6.07, 6.45) is 1.24. The molecule has 0 aliphatic carbocycles. The largest absolute Gasteiger partial charge is 0.357 e. The molecule has 14 heavy (non-hydrogen) atoms. The van der Waals surface area contributed by atoms with Crippen molar-refractivity contribution in [3.05, 3.63) is 44.4 Å². The van der Waals surface area contributed by atoms with Crippen LogP contribution in [0.25, 0.3) is 10.9 Å². The van der Waals surface area contributed by atoms with Crippen LogP contribution in [0.3, 0.4) is 0 Å². The summed E-state index contributed by atoms with van der Waals surface area (Å²) in [5.74, 6) is -0.641. The molecule has 0 unspecified atom stereocenters. The van der Waals surface area contributed by atoms with Gasteiger partial charge in [0.05, 0.1) is 15.9 Å². The molecule has 0 amide bonds. The van der Waals surface area contributed by atoms with E-state index < -0.39 is 11.2 Å². The first kappa shape index (κ1) is 9.49. The highest BCUT2D eigenvalue weighted by atomic mass is 35.5. The van der Waals surface area contributed by atoms with E-state index in [1.165, 1.54) is 18.3 Å². The summed E-state index contributed by atoms with van der Waals surface area (Å²) in [4.78, 5) is 14.0. The fourth-order valence-electron chi connectivity index (χ4n) is 1.21. The van der Waals surface area contributed by atoms with Gasteiger partial charge in [0.2, 0.25) is 5.43 Å². The smallest absolute Gasteiger partial charge is 0.208 e. The van der Waals surface area contributed by atoms with Gasteiger partial charge in [-0.1, -0.05) is 23.2 Å². The molecule has 0 radical (unpaired) electrons. The molecular formula is C9H4Cl2FNO. The van der Waals surface area contributed by atoms with Gasteiger partial charge in [-0.05, 0) is 12.1 Å². The number of fused-ring (bicyclic) bond motifs is 1. The Hall–Kier alpha value is -1.06. The second-order valence-corrected chi connectivity index (χ2v) is 3.56. The standard InChI is InChI=1S/C9H4Cl2FNO/c10-5-2-1-4-8(7(5)12)13-3-6(11)9(4)14/h1-3H,(H,13,14). The van der Waals surface area contributed by atoms with Crippen molar-refractivity contribution in [1.82, 2.24) is 4.98 Å². The number of aromatic nitrogens is 1. The fraction of sp³-hybridized carbons (Fsp3) is 0. The molecule has 2 aromatic rings. The molecular weight excluding hydrogens is 228 g/mol. The summed E-state index contributed by atoms with van der Waals surface area (Å²) in [6.45, 7) is 0. The fourth-order valence-corrected chi connectivity index (χ4v) is 1.52. The van der Waals surface area contributed by atoms with Gasteiger partial charge in [0.1, 0.15) is 5.02 Å². The van der Waals surface area contributed by atoms with Crippen molar-refractivity contribution < 1.29 is 4.39 Å². The number of aromatic amines is 1. The lowest BCUT2D eigenvalue weighted by Crippen LogP contribution is -2.04. The van der Waals surface area contributed by atoms with Crippen LogP contribution in [-0.2, 0) is 0 Å². The van der Waals surface area contributed by atoms with Crippen molar-refractivity contribution in [2.45, 2.75) is 0 Å². The third-order valence-electron chi connectivity index (χ3n) is 1.90. The van der Waals surface area contributed by atoms with Gasteiger partial charge >= 0.3 is 0 Å². The number of rotatable bonds is 0. The highest BCUT2D eigenvalue weighted by Crippen LogP contribution is 2.21. The van der Waals surface area contributed by atoms with Crippen LogP contribution in [0, 0.1) is 5.82 Å². The summed E-state index contributed by atoms with van der Waals surface area (Å²) in [5, 5.41) is 0.189. The minimum absolute atomic E-state index is 0.0271. The van der Waals surface area contributed by atoms with Crippen molar-refractivity contribution in [2.24, 2.45) is 0 Å². The minimum Gasteiger partial charge on any atom is -0.357 e. The molecule has 2 nitrogen and oxygen atoms in total. The lowest BCUT2D eigenvalue weighted by molar-refractivity contribution is 0.637. The summed E-state index contributed by atoms with van der Waals surface area (Å²) in [6, 6.07) is 2.76. The number of hydrogen-bond acceptors (Lipinski definition) is 1. The second kappa shape index (κ2) is 3.26. The summed E-state index contributed by atoms with van der Waals surface area (Å²) < 4.78 is 13.4. The predicted octanol–water partition coefficient (Wildman–Crippen LogP) is 2.97. The molecule has 1 aromatic heterocycles. The van der Waals surface area contributed by atoms with Gasteiger partial charge in [0.25, 0.3) is 0 Å². The summed E-state index contributed by atoms with van der Waals surface area (Å²) >= 11 is 11.1. The van der Waals surface area contributed by atoms with Gasteiger partial charge in [0, 0.05) is 6.20 Å². The molecule has 0 saturated carbocycles. The first-order chi connectivity index (χ1) is 6.61. The topological polar surface area (TPSA) is 32.9 Å². The van der Waals surface area contributed by atoms with E-state index in [9.17, 15) is 9.18 Å². The quantitative estimate of drug-likeness (QED) is 0.744. The second-order valence-electron chi connectivity index (χ2n) is 2.75. The monoisotopic (exact) mass is 231 g/mol. The Bertz CT molecular complexity index is 564. The first-order valence-corrected chi connectivity index (χ1v) is 4.52. The van der Waals surface area contributed by atoms with Crippen molar-refractivity contribution in [3.63, 3.8) is 0 Å². The van der Waals surface area contributed by atoms with Crippen LogP contribution in [-0.4, -0.2) is 4.98 Å². The zero-order valence-corrected chi connectivity index (χ0v) is 8.29. The number of pyridine rings is 1. The maximum atomic E-state index is 13.4. The van der Waals surface area contributed by atoms with E-state index in [4.69, 9.17) is 23.2 Å². The molecule has 2 rings (SSSR count). The van der Waals surface area contributed by atoms with Gasteiger partial charge in [-0.25, -0.2) is 4.39 Å². The Balaban J connectivity index is 3.02. The Morgan fingerprint density at radius 2 is 1.93 bits per heavy atom. The maximum absolute atomic E-state index is 13.4. The maximum Gasteiger partial charge on any atom is 0.208 e. The van der Waals surface area contributed by atoms with Gasteiger partial charge in [0.15, 0.2) is 5.82 Å². The molecule has 72 valence electrons. The molecule has 0 atom stereocenters. The van der Waals surface area contributed by atoms with Crippen LogP contribution < -0.4 is 5.43 Å². The van der Waals surface area contributed by atoms with Gasteiger partial charge in [-0.15, -0.1) is 0 Å². The lowest BCUT2D eigenvalue weighted by Gasteiger charge is -2.00. The van der Waals surface area contributed by atoms with Crippen LogP contribution >= 0.6 is 23.2 Å². The number of halogens is 3. The molecule has 0 fully saturated rings. The van der Waals surface area contributed by atoms with E-state index in [0.717, 1.165) is 0 Å². The molecule has 1 N–H and O–H groups in total. The van der Waals surface area contributed by atoms with E-state index in [-0.39, 0.29) is 20.9 Å². The Morgan fingerprint density at radius 3 is 2.64 bits per heavy atom. The van der Waals surface area contributed by atoms with Crippen LogP contribution in [0.15, 0.2) is 23.1 Å². The Morgan fingerprint density at radius 1 is 1.21 bits per heavy atom. The molecule has 5 heteroatoms. The number of nitrogens with one attached hydrogen (secondary N) is 1. The molecule has 0 aliphatic rings. The first-order valence-electron chi connectivity index (χ1n) is 3.76. The molecule has 0 saturated heterocycles. The van der Waals surface area contributed by atoms with Gasteiger partial charge in [-0.3, -0.25) is 4.79 Å². The molecule has 0 bridgehead atoms. The number of hydrogen-bond donors (Lipinski definition) is 1. The SMILES string of the molecule is O=c1c(Cl)c[nH]c2c(F)c(Cl)ccc12. The zero-order chi connectivity index (χ0) is 10.3. The van der Waals surface area contributed by atoms with Gasteiger partial charge in [-0.2, -0.15) is 0 Å². The molecule has 1 heterocycles. The van der Waals surface area contributed by atoms with Crippen molar-refractivity contribution in [3.8, 4) is 0 Å². The third kappa shape index (κ3) is 1.29. The predicted molar refractivity (Wildman–Crippen MR) is 54.5 cm³/mol. The molecule has 0 spiro atoms. The Kier molecular flexibility index (Phi) is 2.21. The number of benzene rings is 1. The van der Waals surface area contributed by atoms with Crippen LogP contribution in [0.5, 0.6) is 0 Å². The van der Waals surface area contributed by atoms with Crippen molar-refractivity contribution >= 4 is 34.1 Å². The van der Waals surface area contributed by atoms with Crippen LogP contribution in [0.1, 0.15) is 0 Å². The number of H-pyrrole nitrogens is 1. The van der Waals surface area contributed by atoms with E-state index in [2.05, 4.69) is 4.98 Å². The van der Waals surface area contributed by atoms with E-state index >= 15 is 0 Å². The van der Waals surface area contributed by atoms with E-state index in [0.29, 0.717) is 0 Å². The van der Waals surface area contributed by atoms with Crippen LogP contribution in [0.2, 0.25) is 10.0 Å². The summed E-state index contributed by atoms with van der Waals surface area (Å²) in [5.41, 5.74) is -0.331. The van der Waals surface area contributed by atoms with Gasteiger partial charge < -0.3 is 4.98 Å². The van der Waals surface area contributed by atoms with Crippen molar-refractivity contribution in [1.29, 1.82) is 0 Å². The summed E-state index contributed by atoms with van der Waals surface area (Å²) in [7, 11) is 0. The lowest BCUT2D eigenvalue weighted by atomic mass is 10.2. The molecule has 1 aromatic carbocycles. The highest BCUT2D eigenvalue weighted by Gasteiger charge is 2.09. The molecule has 0 aliphatic heterocycles. The average molecular weight is 232 g/mol. The average Bonchev–Trinajstić information content (AvgIpc) is 2.17. The normalized spacial score (nSPS) is 10.8. The third-order valence-corrected chi connectivity index (χ3v) is 2.47.